The highest BCUT2D eigenvalue weighted by Gasteiger charge is 2.56. The quantitative estimate of drug-likeness (QED) is 0.0839. The molecule has 21 rings (SSSR count). The Bertz CT molecular complexity index is 7010. The molecule has 0 aromatic carbocycles. The maximum atomic E-state index is 16.0. The van der Waals surface area contributed by atoms with Crippen LogP contribution in [0.5, 0.6) is 0 Å². The largest absolute Gasteiger partial charge is 0.398 e. The first-order valence-electron chi connectivity index (χ1n) is 39.2. The Hall–Kier alpha value is -7.00. The van der Waals surface area contributed by atoms with E-state index in [1.807, 2.05) is 6.07 Å². The number of rotatable bonds is 6. The van der Waals surface area contributed by atoms with Crippen LogP contribution in [0.25, 0.3) is 66.7 Å². The molecule has 0 radical (unpaired) electrons. The number of hydrogen-bond acceptors (Lipinski definition) is 45. The predicted octanol–water partition coefficient (Wildman–Crippen LogP) is 2.30. The number of thioether (sulfide) groups is 1. The Morgan fingerprint density at radius 1 is 0.417 bits per heavy atom. The van der Waals surface area contributed by atoms with E-state index in [9.17, 15) is 53.6 Å². The summed E-state index contributed by atoms with van der Waals surface area (Å²) in [5, 5.41) is 22.1. The number of H-pyrrole nitrogens is 3. The zero-order valence-electron chi connectivity index (χ0n) is 66.9. The summed E-state index contributed by atoms with van der Waals surface area (Å²) in [6.45, 7) is -26.5. The lowest BCUT2D eigenvalue weighted by Gasteiger charge is -2.28. The molecule has 9 saturated heterocycles. The van der Waals surface area contributed by atoms with E-state index in [-0.39, 0.29) is 96.1 Å². The fraction of sp³-hybridized carbons (Fsp3) is 0.462. The summed E-state index contributed by atoms with van der Waals surface area (Å²) in [7, 11) is 0. The van der Waals surface area contributed by atoms with Crippen LogP contribution in [0.3, 0.4) is 0 Å². The van der Waals surface area contributed by atoms with Gasteiger partial charge in [0.15, 0.2) is 64.0 Å². The smallest absolute Gasteiger partial charge is 0.386 e. The number of aliphatic hydroxyl groups is 2. The first kappa shape index (κ1) is 94.0. The van der Waals surface area contributed by atoms with Crippen molar-refractivity contribution in [1.29, 1.82) is 0 Å². The highest BCUT2D eigenvalue weighted by Crippen LogP contribution is 2.62. The summed E-state index contributed by atoms with van der Waals surface area (Å²) in [4.78, 5) is 141. The molecule has 67 heteroatoms. The molecule has 0 aliphatic carbocycles. The molecule has 22 N–H and O–H groups in total. The molecule has 9 fully saturated rings. The summed E-state index contributed by atoms with van der Waals surface area (Å²) < 4.78 is 138. The van der Waals surface area contributed by atoms with Gasteiger partial charge in [0.2, 0.25) is 17.8 Å². The molecule has 9 aliphatic rings. The first-order valence-corrected chi connectivity index (χ1v) is 55.8. The molecule has 0 spiro atoms. The van der Waals surface area contributed by atoms with Crippen LogP contribution >= 0.6 is 64.4 Å². The molecular formula is C65H76FN25O28P6S7. The Balaban J connectivity index is 0.000000128. The van der Waals surface area contributed by atoms with Gasteiger partial charge in [0.05, 0.1) is 100 Å². The Kier molecular flexibility index (Phi) is 25.9. The number of aromatic amines is 3. The van der Waals surface area contributed by atoms with E-state index in [4.69, 9.17) is 171 Å². The number of aromatic nitrogens is 19. The normalized spacial score (nSPS) is 36.6. The average Bonchev–Trinajstić information content (AvgIpc) is 1.55. The van der Waals surface area contributed by atoms with Gasteiger partial charge in [-0.25, -0.2) is 43.8 Å². The number of halogens is 1. The van der Waals surface area contributed by atoms with E-state index >= 15 is 4.39 Å². The van der Waals surface area contributed by atoms with Gasteiger partial charge in [0.25, 0.3) is 16.7 Å². The maximum Gasteiger partial charge on any atom is 0.386 e. The fourth-order valence-electron chi connectivity index (χ4n) is 16.3. The monoisotopic (exact) mass is 2080 g/mol. The summed E-state index contributed by atoms with van der Waals surface area (Å²) in [5.74, 6) is -0.491. The Morgan fingerprint density at radius 3 is 1.37 bits per heavy atom. The highest BCUT2D eigenvalue weighted by atomic mass is 32.7. The summed E-state index contributed by atoms with van der Waals surface area (Å²) in [6.07, 6.45) is -7.43. The Labute approximate surface area is 772 Å². The number of fused-ring (bicyclic) bond motifs is 15. The Morgan fingerprint density at radius 2 is 0.841 bits per heavy atom. The standard InChI is InChI=1S/C22H26N8O10P2S2.C22H26N8O9P2S2.C21H24FN9O9P2S3/c23-10-1-3-25-18-9(10)2-4-29(18)14-5-11-12(37-14)6-35-42(34,44)40-17-16(31)13(7-36-41(33,43)39-11)38-21(17)30-8-26-15-19(30)27-22(24)28-20(15)32;23-12-1-3-25-18-11(12)2-4-29(18)16-6-13-15(37-16)8-35-41(33,43)39-14-5-10(7-34-40(32,42)38-13)36-21(14)30-9-26-17-19(30)27-22(24)28-20(17)31;22-10-14-8(38-19(10)30-5-26-11-7(23)1-2-25-16(11)30)3-36-41(34,43)40-15-13(32)9(4-37-42(35,44)39-14)45-20(15)31-6-27-12-17(31)28-21(24)29-18(12)33/h1-4,8,11-14,16-17,21,31H,5-7H2,(H2,23,25)(H,33,43)(H,34,44)(H3,24,27,28,32);1-4,9-10,13-16,21H,5-8H2,(H2,23,25)(H,32,42)(H,33,43)(H3,24,27,28,31);1-2,5-6,8-10,13-15,19-20,32H,3-4H2,(H2,23,25)(H,34,43)(H,35,44)(H3,24,28,29,33)/t11-,12?,13?,14+,16+,17+,21+,41?,42?;10?,13-,14+,15?,16+,21+,40?,41?;8-,9-,10+,13-,14-,15-,19-,20-,41?,42?/m001/s1. The third kappa shape index (κ3) is 18.9. The van der Waals surface area contributed by atoms with Crippen LogP contribution in [0.15, 0.2) is 101 Å². The van der Waals surface area contributed by atoms with Crippen LogP contribution in [-0.2, 0) is 142 Å². The molecule has 132 heavy (non-hydrogen) atoms. The molecule has 0 saturated carbocycles. The molecular weight excluding hydrogens is 2010 g/mol. The number of aliphatic hydroxyl groups excluding tert-OH is 2. The number of nitrogens with one attached hydrogen (secondary N) is 3. The second-order valence-electron chi connectivity index (χ2n) is 30.7. The molecule has 6 bridgehead atoms. The third-order valence-corrected chi connectivity index (χ3v) is 33.3. The van der Waals surface area contributed by atoms with E-state index in [0.717, 1.165) is 22.5 Å². The number of imidazole rings is 4. The van der Waals surface area contributed by atoms with Crippen LogP contribution in [0.1, 0.15) is 55.8 Å². The molecule has 0 amide bonds. The molecule has 9 aliphatic heterocycles. The van der Waals surface area contributed by atoms with Gasteiger partial charge in [-0.1, -0.05) is 12.2 Å². The van der Waals surface area contributed by atoms with Crippen LogP contribution in [0.2, 0.25) is 0 Å². The topological polar surface area (TPSA) is 729 Å². The van der Waals surface area contributed by atoms with Gasteiger partial charge < -0.3 is 138 Å². The van der Waals surface area contributed by atoms with E-state index in [1.54, 1.807) is 52.1 Å². The van der Waals surface area contributed by atoms with Crippen molar-refractivity contribution < 1.29 is 122 Å². The number of nitrogens with two attached hydrogens (primary N) is 6. The average molecular weight is 2080 g/mol. The van der Waals surface area contributed by atoms with Crippen molar-refractivity contribution in [1.82, 2.24) is 92.2 Å². The lowest BCUT2D eigenvalue weighted by molar-refractivity contribution is -0.0600. The minimum absolute atomic E-state index is 0.0181. The van der Waals surface area contributed by atoms with Crippen LogP contribution in [-0.4, -0.2) is 257 Å². The summed E-state index contributed by atoms with van der Waals surface area (Å²) in [6, 6.07) is 8.54. The van der Waals surface area contributed by atoms with Crippen molar-refractivity contribution in [3.8, 4) is 0 Å². The third-order valence-electron chi connectivity index (χ3n) is 22.3. The van der Waals surface area contributed by atoms with Crippen molar-refractivity contribution in [2.24, 2.45) is 0 Å². The van der Waals surface area contributed by atoms with Crippen LogP contribution in [0.4, 0.5) is 39.3 Å². The SMILES string of the molecule is Nc1nc2c(ncn2[C@@H]2OC3COP(O)(=S)O[C@H]4C[C@H](n5ccc6c(N)ccnc65)OC4COP(O)(=S)O[C@@H]2C3)c(=O)[nH]1.Nc1nc2c(ncn2[C@@H]2OC3COP(O)(=S)O[C@H]4C[C@H](n5ccc6c(N)ccnc65)OC4COP(O)(=S)O[C@@H]2[C@@H]3O)c(=O)[nH]1.Nc1nc2c(ncn2[C@@H]2S[C@@H]3COP(=O)(S)O[C@H]4[C@H](F)[C@H](n5cnc6c(N)ccnc65)O[C@@H]4COP(O)(=S)O[C@@H]2[C@@H]3O)c(=O)[nH]1. The van der Waals surface area contributed by atoms with E-state index in [1.165, 1.54) is 55.8 Å². The second kappa shape index (κ2) is 36.4. The predicted molar refractivity (Wildman–Crippen MR) is 483 cm³/mol. The van der Waals surface area contributed by atoms with E-state index in [2.05, 4.69) is 77.0 Å². The van der Waals surface area contributed by atoms with Gasteiger partial charge >= 0.3 is 40.4 Å². The second-order valence-corrected chi connectivity index (χ2v) is 48.9. The van der Waals surface area contributed by atoms with Crippen LogP contribution in [0, 0.1) is 0 Å². The number of pyridine rings is 3. The number of alkyl halides is 1. The molecule has 708 valence electrons. The van der Waals surface area contributed by atoms with Gasteiger partial charge in [0.1, 0.15) is 89.6 Å². The maximum absolute atomic E-state index is 16.0. The van der Waals surface area contributed by atoms with Crippen molar-refractivity contribution in [2.45, 2.75) is 147 Å². The zero-order chi connectivity index (χ0) is 92.9. The minimum Gasteiger partial charge on any atom is -0.398 e. The summed E-state index contributed by atoms with van der Waals surface area (Å²) in [5.41, 5.74) is 36.9. The van der Waals surface area contributed by atoms with Crippen molar-refractivity contribution >= 4 is 225 Å². The van der Waals surface area contributed by atoms with E-state index < -0.39 is 204 Å². The van der Waals surface area contributed by atoms with Crippen molar-refractivity contribution in [3.05, 3.63) is 118 Å². The number of nitrogen functional groups attached to an aromatic ring is 6. The number of nitrogens with zero attached hydrogens (tertiary/aromatic N) is 16. The van der Waals surface area contributed by atoms with E-state index in [0.29, 0.717) is 33.9 Å². The number of anilines is 6. The van der Waals surface area contributed by atoms with Gasteiger partial charge in [-0.05, 0) is 89.4 Å². The molecule has 21 heterocycles. The summed E-state index contributed by atoms with van der Waals surface area (Å²) >= 11 is 31.7. The lowest BCUT2D eigenvalue weighted by atomic mass is 10.1. The van der Waals surface area contributed by atoms with Gasteiger partial charge in [-0.2, -0.15) is 15.0 Å². The number of thiol groups is 1. The van der Waals surface area contributed by atoms with Crippen molar-refractivity contribution in [2.75, 3.05) is 74.0 Å². The van der Waals surface area contributed by atoms with Gasteiger partial charge in [0, 0.05) is 72.4 Å². The number of ether oxygens (including phenoxy) is 5. The molecule has 10 unspecified atom stereocenters. The zero-order valence-corrected chi connectivity index (χ0v) is 78.0. The molecule has 12 aromatic heterocycles. The number of hydrogen-bond donors (Lipinski definition) is 17. The van der Waals surface area contributed by atoms with Crippen LogP contribution < -0.4 is 51.1 Å². The molecule has 12 aromatic rings. The minimum atomic E-state index is -4.32. The fourth-order valence-corrected chi connectivity index (χ4v) is 26.7. The van der Waals surface area contributed by atoms with Crippen molar-refractivity contribution in [3.63, 3.8) is 0 Å². The lowest BCUT2D eigenvalue weighted by Crippen LogP contribution is -2.35. The first-order chi connectivity index (χ1) is 62.7. The highest BCUT2D eigenvalue weighted by molar-refractivity contribution is 8.44. The van der Waals surface area contributed by atoms with Gasteiger partial charge in [-0.15, -0.1) is 11.8 Å². The molecule has 27 atom stereocenters. The molecule has 53 nitrogen and oxygen atoms in total. The van der Waals surface area contributed by atoms with Gasteiger partial charge in [-0.3, -0.25) is 65.7 Å².